The fourth-order valence-electron chi connectivity index (χ4n) is 1.49. The molecule has 0 unspecified atom stereocenters. The van der Waals surface area contributed by atoms with Crippen molar-refractivity contribution in [1.82, 2.24) is 15.1 Å². The first kappa shape index (κ1) is 8.56. The molecule has 1 aromatic rings. The van der Waals surface area contributed by atoms with Crippen molar-refractivity contribution in [2.45, 2.75) is 6.42 Å². The monoisotopic (exact) mass is 180 g/mol. The molecule has 0 amide bonds. The first-order chi connectivity index (χ1) is 6.34. The molecule has 0 saturated carbocycles. The van der Waals surface area contributed by atoms with E-state index in [-0.39, 0.29) is 0 Å². The van der Waals surface area contributed by atoms with Gasteiger partial charge in [0.05, 0.1) is 11.9 Å². The predicted molar refractivity (Wildman–Crippen MR) is 52.7 cm³/mol. The summed E-state index contributed by atoms with van der Waals surface area (Å²) in [6.45, 7) is 3.43. The van der Waals surface area contributed by atoms with E-state index in [1.165, 1.54) is 19.5 Å². The number of hydrogen-bond acceptors (Lipinski definition) is 3. The highest BCUT2D eigenvalue weighted by Gasteiger charge is 2.15. The predicted octanol–water partition coefficient (Wildman–Crippen LogP) is 0.441. The summed E-state index contributed by atoms with van der Waals surface area (Å²) >= 11 is 0. The first-order valence-electron chi connectivity index (χ1n) is 4.78. The number of rotatable bonds is 4. The van der Waals surface area contributed by atoms with Gasteiger partial charge in [-0.25, -0.2) is 0 Å². The topological polar surface area (TPSA) is 41.9 Å². The van der Waals surface area contributed by atoms with Gasteiger partial charge in [-0.3, -0.25) is 4.68 Å². The Morgan fingerprint density at radius 2 is 2.54 bits per heavy atom. The zero-order chi connectivity index (χ0) is 9.10. The molecule has 0 aromatic carbocycles. The van der Waals surface area contributed by atoms with Crippen molar-refractivity contribution < 1.29 is 0 Å². The van der Waals surface area contributed by atoms with Crippen molar-refractivity contribution in [2.75, 3.05) is 25.0 Å². The van der Waals surface area contributed by atoms with Crippen LogP contribution in [0.3, 0.4) is 0 Å². The molecule has 0 bridgehead atoms. The highest BCUT2D eigenvalue weighted by Crippen LogP contribution is 2.09. The van der Waals surface area contributed by atoms with Gasteiger partial charge in [-0.1, -0.05) is 0 Å². The Hall–Kier alpha value is -1.03. The van der Waals surface area contributed by atoms with Crippen molar-refractivity contribution >= 4 is 5.69 Å². The fraction of sp³-hybridized carbons (Fsp3) is 0.667. The van der Waals surface area contributed by atoms with E-state index in [9.17, 15) is 0 Å². The third-order valence-electron chi connectivity index (χ3n) is 2.45. The van der Waals surface area contributed by atoms with Crippen LogP contribution in [0.25, 0.3) is 0 Å². The summed E-state index contributed by atoms with van der Waals surface area (Å²) in [5.74, 6) is 0.879. The number of nitrogens with one attached hydrogen (secondary N) is 2. The maximum Gasteiger partial charge on any atom is 0.0726 e. The second kappa shape index (κ2) is 3.79. The van der Waals surface area contributed by atoms with Gasteiger partial charge < -0.3 is 10.6 Å². The van der Waals surface area contributed by atoms with Crippen molar-refractivity contribution in [3.63, 3.8) is 0 Å². The lowest BCUT2D eigenvalue weighted by molar-refractivity contribution is 0.334. The highest BCUT2D eigenvalue weighted by atomic mass is 15.3. The minimum absolute atomic E-state index is 0.879. The molecule has 0 aliphatic carbocycles. The fourth-order valence-corrected chi connectivity index (χ4v) is 1.49. The Bertz CT molecular complexity index is 264. The molecule has 1 saturated heterocycles. The highest BCUT2D eigenvalue weighted by molar-refractivity contribution is 5.37. The van der Waals surface area contributed by atoms with E-state index >= 15 is 0 Å². The molecule has 4 nitrogen and oxygen atoms in total. The molecule has 72 valence electrons. The molecule has 1 aliphatic heterocycles. The number of anilines is 1. The molecule has 4 heteroatoms. The molecule has 2 N–H and O–H groups in total. The van der Waals surface area contributed by atoms with Crippen LogP contribution in [0.2, 0.25) is 0 Å². The maximum absolute atomic E-state index is 4.09. The van der Waals surface area contributed by atoms with Crippen molar-refractivity contribution in [3.8, 4) is 0 Å². The molecule has 1 fully saturated rings. The molecule has 0 atom stereocenters. The van der Waals surface area contributed by atoms with Gasteiger partial charge in [0, 0.05) is 19.8 Å². The van der Waals surface area contributed by atoms with E-state index in [1.54, 1.807) is 0 Å². The van der Waals surface area contributed by atoms with Gasteiger partial charge in [-0.05, 0) is 25.4 Å². The smallest absolute Gasteiger partial charge is 0.0726 e. The number of nitrogens with zero attached hydrogens (tertiary/aromatic N) is 2. The molecule has 0 radical (unpaired) electrons. The summed E-state index contributed by atoms with van der Waals surface area (Å²) in [5, 5.41) is 10.7. The number of aromatic nitrogens is 2. The lowest BCUT2D eigenvalue weighted by Gasteiger charge is -2.26. The minimum Gasteiger partial charge on any atom is -0.382 e. The van der Waals surface area contributed by atoms with Crippen LogP contribution in [-0.2, 0) is 7.05 Å². The molecular weight excluding hydrogens is 164 g/mol. The minimum atomic E-state index is 0.879. The van der Waals surface area contributed by atoms with Gasteiger partial charge in [-0.15, -0.1) is 0 Å². The third-order valence-corrected chi connectivity index (χ3v) is 2.45. The van der Waals surface area contributed by atoms with Gasteiger partial charge in [0.15, 0.2) is 0 Å². The summed E-state index contributed by atoms with van der Waals surface area (Å²) in [6.07, 6.45) is 5.11. The van der Waals surface area contributed by atoms with Gasteiger partial charge in [0.25, 0.3) is 0 Å². The van der Waals surface area contributed by atoms with Gasteiger partial charge in [0.2, 0.25) is 0 Å². The van der Waals surface area contributed by atoms with Crippen LogP contribution in [0, 0.1) is 5.92 Å². The first-order valence-corrected chi connectivity index (χ1v) is 4.78. The van der Waals surface area contributed by atoms with Crippen molar-refractivity contribution in [3.05, 3.63) is 12.4 Å². The van der Waals surface area contributed by atoms with Crippen molar-refractivity contribution in [1.29, 1.82) is 0 Å². The van der Waals surface area contributed by atoms with Crippen LogP contribution in [0.5, 0.6) is 0 Å². The van der Waals surface area contributed by atoms with Crippen LogP contribution in [-0.4, -0.2) is 29.4 Å². The quantitative estimate of drug-likeness (QED) is 0.706. The van der Waals surface area contributed by atoms with Crippen LogP contribution < -0.4 is 10.6 Å². The average Bonchev–Trinajstić information content (AvgIpc) is 2.42. The molecule has 1 aliphatic rings. The third kappa shape index (κ3) is 2.21. The Morgan fingerprint density at radius 1 is 1.69 bits per heavy atom. The van der Waals surface area contributed by atoms with E-state index in [1.807, 2.05) is 24.1 Å². The van der Waals surface area contributed by atoms with Crippen LogP contribution in [0.1, 0.15) is 6.42 Å². The Morgan fingerprint density at radius 3 is 3.08 bits per heavy atom. The van der Waals surface area contributed by atoms with Crippen LogP contribution in [0.4, 0.5) is 5.69 Å². The molecule has 0 spiro atoms. The molecule has 2 rings (SSSR count). The van der Waals surface area contributed by atoms with E-state index in [4.69, 9.17) is 0 Å². The molecule has 2 heterocycles. The molecular formula is C9H16N4. The molecule has 1 aromatic heterocycles. The van der Waals surface area contributed by atoms with E-state index in [2.05, 4.69) is 15.7 Å². The van der Waals surface area contributed by atoms with Crippen LogP contribution in [0.15, 0.2) is 12.4 Å². The van der Waals surface area contributed by atoms with Crippen molar-refractivity contribution in [2.24, 2.45) is 13.0 Å². The molecule has 13 heavy (non-hydrogen) atoms. The van der Waals surface area contributed by atoms with E-state index < -0.39 is 0 Å². The van der Waals surface area contributed by atoms with E-state index in [0.29, 0.717) is 0 Å². The Balaban J connectivity index is 1.67. The zero-order valence-corrected chi connectivity index (χ0v) is 7.95. The van der Waals surface area contributed by atoms with E-state index in [0.717, 1.165) is 18.2 Å². The maximum atomic E-state index is 4.09. The number of aryl methyl sites for hydroxylation is 1. The largest absolute Gasteiger partial charge is 0.382 e. The van der Waals surface area contributed by atoms with Crippen LogP contribution >= 0.6 is 0 Å². The van der Waals surface area contributed by atoms with Gasteiger partial charge >= 0.3 is 0 Å². The normalized spacial score (nSPS) is 17.0. The summed E-state index contributed by atoms with van der Waals surface area (Å²) in [4.78, 5) is 0. The zero-order valence-electron chi connectivity index (χ0n) is 7.95. The summed E-state index contributed by atoms with van der Waals surface area (Å²) in [5.41, 5.74) is 1.12. The lowest BCUT2D eigenvalue weighted by atomic mass is 10.00. The van der Waals surface area contributed by atoms with Gasteiger partial charge in [-0.2, -0.15) is 5.10 Å². The average molecular weight is 180 g/mol. The summed E-state index contributed by atoms with van der Waals surface area (Å²) in [6, 6.07) is 0. The Kier molecular flexibility index (Phi) is 2.49. The summed E-state index contributed by atoms with van der Waals surface area (Å²) in [7, 11) is 1.93. The SMILES string of the molecule is Cn1cc(NCCC2CNC2)cn1. The second-order valence-electron chi connectivity index (χ2n) is 3.64. The Labute approximate surface area is 78.3 Å². The second-order valence-corrected chi connectivity index (χ2v) is 3.64. The summed E-state index contributed by atoms with van der Waals surface area (Å²) < 4.78 is 1.81. The standard InChI is InChI=1S/C9H16N4/c1-13-7-9(6-12-13)11-3-2-8-4-10-5-8/h6-8,10-11H,2-5H2,1H3. The number of hydrogen-bond donors (Lipinski definition) is 2. The lowest BCUT2D eigenvalue weighted by Crippen LogP contribution is -2.42. The van der Waals surface area contributed by atoms with Gasteiger partial charge in [0.1, 0.15) is 0 Å².